The number of hydrogen-bond donors (Lipinski definition) is 2. The van der Waals surface area contributed by atoms with Crippen molar-refractivity contribution in [2.24, 2.45) is 10.4 Å². The van der Waals surface area contributed by atoms with Gasteiger partial charge in [-0.1, -0.05) is 13.8 Å². The molecule has 0 bridgehead atoms. The standard InChI is InChI=1S/2C4H8N2O2.Co/c2*1-3(5-7)4(2)6-8;/h2*1-2H3,(H2,5,6,7,8);/q;;+2/p-2. The topological polar surface area (TPSA) is 128 Å². The van der Waals surface area contributed by atoms with Gasteiger partial charge in [-0.25, -0.2) is 0 Å². The van der Waals surface area contributed by atoms with Crippen LogP contribution < -0.4 is 0 Å². The largest absolute Gasteiger partial charge is 2.00 e. The Morgan fingerprint density at radius 3 is 1.12 bits per heavy atom. The summed E-state index contributed by atoms with van der Waals surface area (Å²) in [6.45, 7) is 5.94. The summed E-state index contributed by atoms with van der Waals surface area (Å²) in [4.78, 5) is 19.3. The number of hydrogen-bond acceptors (Lipinski definition) is 6. The summed E-state index contributed by atoms with van der Waals surface area (Å²) in [7, 11) is 0. The molecule has 0 aliphatic rings. The maximum Gasteiger partial charge on any atom is 2.00 e. The molecule has 0 saturated carbocycles. The number of hydroxylamine groups is 2. The number of allylic oxidation sites excluding steroid dienone is 4. The van der Waals surface area contributed by atoms with Crippen LogP contribution in [0.5, 0.6) is 0 Å². The van der Waals surface area contributed by atoms with Crippen LogP contribution in [-0.2, 0) is 16.8 Å². The van der Waals surface area contributed by atoms with Gasteiger partial charge in [-0.2, -0.15) is 0 Å². The third-order valence-electron chi connectivity index (χ3n) is 1.62. The molecule has 0 aromatic heterocycles. The van der Waals surface area contributed by atoms with Crippen molar-refractivity contribution < 1.29 is 27.2 Å². The maximum atomic E-state index is 9.63. The van der Waals surface area contributed by atoms with Crippen molar-refractivity contribution >= 4 is 0 Å². The number of rotatable bonds is 4. The summed E-state index contributed by atoms with van der Waals surface area (Å²) >= 11 is 0. The zero-order chi connectivity index (χ0) is 13.1. The molecule has 0 heterocycles. The van der Waals surface area contributed by atoms with Crippen LogP contribution in [0.3, 0.4) is 0 Å². The first kappa shape index (κ1) is 21.0. The molecule has 9 heteroatoms. The van der Waals surface area contributed by atoms with Crippen molar-refractivity contribution in [1.29, 1.82) is 0 Å². The molecule has 0 fully saturated rings. The van der Waals surface area contributed by atoms with E-state index in [1.165, 1.54) is 27.7 Å². The molecule has 8 nitrogen and oxygen atoms in total. The van der Waals surface area contributed by atoms with Crippen LogP contribution in [0.25, 0.3) is 11.0 Å². The van der Waals surface area contributed by atoms with Crippen LogP contribution in [0, 0.1) is 9.81 Å². The van der Waals surface area contributed by atoms with Crippen molar-refractivity contribution in [3.63, 3.8) is 0 Å². The minimum absolute atomic E-state index is 0. The van der Waals surface area contributed by atoms with Gasteiger partial charge in [0.15, 0.2) is 0 Å². The Bertz CT molecular complexity index is 274. The van der Waals surface area contributed by atoms with E-state index < -0.39 is 0 Å². The number of nitrogens with zero attached hydrogens (tertiary/aromatic N) is 4. The molecular formula is C8H14CoN4O4. The molecule has 0 aliphatic heterocycles. The molecule has 1 radical (unpaired) electrons. The Morgan fingerprint density at radius 1 is 0.824 bits per heavy atom. The van der Waals surface area contributed by atoms with Crippen LogP contribution in [0.4, 0.5) is 0 Å². The average molecular weight is 289 g/mol. The fourth-order valence-electron chi connectivity index (χ4n) is 0.277. The molecule has 0 amide bonds. The van der Waals surface area contributed by atoms with Gasteiger partial charge in [0.2, 0.25) is 0 Å². The molecule has 0 spiro atoms. The molecule has 0 unspecified atom stereocenters. The van der Waals surface area contributed by atoms with E-state index in [1.54, 1.807) is 0 Å². The third-order valence-corrected chi connectivity index (χ3v) is 1.62. The third kappa shape index (κ3) is 11.0. The Balaban J connectivity index is -0.000000218. The quantitative estimate of drug-likeness (QED) is 0.605. The van der Waals surface area contributed by atoms with Gasteiger partial charge < -0.3 is 21.4 Å². The smallest absolute Gasteiger partial charge is 0.567 e. The summed E-state index contributed by atoms with van der Waals surface area (Å²) in [5, 5.41) is 21.1. The zero-order valence-corrected chi connectivity index (χ0v) is 10.9. The second-order valence-corrected chi connectivity index (χ2v) is 2.72. The van der Waals surface area contributed by atoms with E-state index in [9.17, 15) is 9.81 Å². The van der Waals surface area contributed by atoms with Crippen LogP contribution in [-0.4, -0.2) is 10.4 Å². The normalized spacial score (nSPS) is 11.6. The molecular weight excluding hydrogens is 275 g/mol. The van der Waals surface area contributed by atoms with Gasteiger partial charge in [0.05, 0.1) is 11.4 Å². The van der Waals surface area contributed by atoms with Crippen molar-refractivity contribution in [2.45, 2.75) is 27.7 Å². The van der Waals surface area contributed by atoms with Crippen LogP contribution in [0.1, 0.15) is 27.7 Å². The Morgan fingerprint density at radius 2 is 1.06 bits per heavy atom. The zero-order valence-electron chi connectivity index (χ0n) is 9.83. The minimum atomic E-state index is 0. The monoisotopic (exact) mass is 289 g/mol. The van der Waals surface area contributed by atoms with Crippen LogP contribution in [0.2, 0.25) is 0 Å². The van der Waals surface area contributed by atoms with E-state index in [-0.39, 0.29) is 39.6 Å². The van der Waals surface area contributed by atoms with E-state index in [0.717, 1.165) is 0 Å². The van der Waals surface area contributed by atoms with Crippen LogP contribution >= 0.6 is 0 Å². The van der Waals surface area contributed by atoms with Gasteiger partial charge >= 0.3 is 16.8 Å². The average Bonchev–Trinajstić information content (AvgIpc) is 2.35. The summed E-state index contributed by atoms with van der Waals surface area (Å²) in [6.07, 6.45) is 0. The molecule has 99 valence electrons. The Labute approximate surface area is 109 Å². The van der Waals surface area contributed by atoms with Crippen LogP contribution in [0.15, 0.2) is 33.1 Å². The predicted octanol–water partition coefficient (Wildman–Crippen LogP) is 3.53. The van der Waals surface area contributed by atoms with Crippen molar-refractivity contribution in [3.8, 4) is 0 Å². The first-order valence-corrected chi connectivity index (χ1v) is 4.16. The predicted molar refractivity (Wildman–Crippen MR) is 58.6 cm³/mol. The minimum Gasteiger partial charge on any atom is -0.567 e. The SMILES string of the molecule is C/C(N=O)=C(\C)[N-]O.C/C(N=O)=C(\C)[N-]O.[Co+2]. The Kier molecular flexibility index (Phi) is 15.8. The summed E-state index contributed by atoms with van der Waals surface area (Å²) in [6, 6.07) is 0. The van der Waals surface area contributed by atoms with Crippen molar-refractivity contribution in [2.75, 3.05) is 0 Å². The van der Waals surface area contributed by atoms with Gasteiger partial charge in [-0.15, -0.1) is 21.2 Å². The molecule has 0 rings (SSSR count). The van der Waals surface area contributed by atoms with E-state index in [2.05, 4.69) is 21.3 Å². The maximum absolute atomic E-state index is 9.63. The fraction of sp³-hybridized carbons (Fsp3) is 0.500. The second kappa shape index (κ2) is 12.8. The van der Waals surface area contributed by atoms with Crippen molar-refractivity contribution in [1.82, 2.24) is 0 Å². The molecule has 0 aliphatic carbocycles. The second-order valence-electron chi connectivity index (χ2n) is 2.72. The van der Waals surface area contributed by atoms with Gasteiger partial charge in [0.25, 0.3) is 0 Å². The summed E-state index contributed by atoms with van der Waals surface area (Å²) in [5.74, 6) is 0. The van der Waals surface area contributed by atoms with Gasteiger partial charge in [-0.3, -0.25) is 0 Å². The van der Waals surface area contributed by atoms with E-state index in [1.807, 2.05) is 0 Å². The molecule has 0 saturated heterocycles. The summed E-state index contributed by atoms with van der Waals surface area (Å²) in [5.41, 5.74) is 6.39. The molecule has 17 heavy (non-hydrogen) atoms. The van der Waals surface area contributed by atoms with Gasteiger partial charge in [0, 0.05) is 0 Å². The van der Waals surface area contributed by atoms with Gasteiger partial charge in [0.1, 0.15) is 0 Å². The van der Waals surface area contributed by atoms with E-state index >= 15 is 0 Å². The fourth-order valence-corrected chi connectivity index (χ4v) is 0.277. The van der Waals surface area contributed by atoms with E-state index in [4.69, 9.17) is 10.4 Å². The van der Waals surface area contributed by atoms with E-state index in [0.29, 0.717) is 0 Å². The first-order valence-electron chi connectivity index (χ1n) is 4.16. The molecule has 0 aromatic rings. The Hall–Kier alpha value is -1.29. The molecule has 2 N–H and O–H groups in total. The first-order chi connectivity index (χ1) is 7.44. The molecule has 0 aromatic carbocycles. The number of nitroso groups, excluding NO2 is 2. The molecule has 0 atom stereocenters. The van der Waals surface area contributed by atoms with Crippen molar-refractivity contribution in [3.05, 3.63) is 43.6 Å². The summed E-state index contributed by atoms with van der Waals surface area (Å²) < 4.78 is 0. The van der Waals surface area contributed by atoms with Gasteiger partial charge in [-0.05, 0) is 24.2 Å².